The second-order valence-corrected chi connectivity index (χ2v) is 31.1. The molecule has 34 nitrogen and oxygen atoms in total. The zero-order valence-corrected chi connectivity index (χ0v) is 74.6. The molecular formula is C94H85F8N27O7. The fourth-order valence-electron chi connectivity index (χ4n) is 13.7. The number of aromatic nitrogens is 22. The Morgan fingerprint density at radius 1 is 0.419 bits per heavy atom. The van der Waals surface area contributed by atoms with Crippen LogP contribution in [-0.2, 0) is 41.1 Å². The molecule has 10 aromatic heterocycles. The van der Waals surface area contributed by atoms with Crippen molar-refractivity contribution in [2.75, 3.05) is 5.73 Å². The molecule has 0 spiro atoms. The molecule has 0 aliphatic rings. The largest absolute Gasteiger partial charge is 0.459 e. The second-order valence-electron chi connectivity index (χ2n) is 31.1. The fourth-order valence-corrected chi connectivity index (χ4v) is 13.7. The highest BCUT2D eigenvalue weighted by Crippen LogP contribution is 2.36. The average molecular weight is 1860 g/mol. The van der Waals surface area contributed by atoms with E-state index in [9.17, 15) is 59.1 Å². The number of anilines is 1. The van der Waals surface area contributed by atoms with E-state index in [1.165, 1.54) is 119 Å². The van der Waals surface area contributed by atoms with Gasteiger partial charge in [-0.2, -0.15) is 35.8 Å². The van der Waals surface area contributed by atoms with Crippen LogP contribution in [0.4, 0.5) is 41.1 Å². The summed E-state index contributed by atoms with van der Waals surface area (Å²) in [6, 6.07) is 34.9. The quantitative estimate of drug-likeness (QED) is 0.0168. The van der Waals surface area contributed by atoms with Gasteiger partial charge < -0.3 is 37.9 Å². The highest BCUT2D eigenvalue weighted by molar-refractivity contribution is 6.24. The first-order chi connectivity index (χ1) is 64.4. The monoisotopic (exact) mass is 1860 g/mol. The summed E-state index contributed by atoms with van der Waals surface area (Å²) in [4.78, 5) is 95.9. The number of aromatic amines is 1. The Balaban J connectivity index is 0.000000153. The number of amides is 4. The lowest BCUT2D eigenvalue weighted by Gasteiger charge is -2.11. The third kappa shape index (κ3) is 25.5. The first-order valence-corrected chi connectivity index (χ1v) is 40.8. The Hall–Kier alpha value is -17.6. The van der Waals surface area contributed by atoms with Gasteiger partial charge in [0.1, 0.15) is 43.2 Å². The summed E-state index contributed by atoms with van der Waals surface area (Å²) in [7, 11) is 0. The number of alkyl halides is 6. The van der Waals surface area contributed by atoms with Crippen molar-refractivity contribution in [3.05, 3.63) is 303 Å². The summed E-state index contributed by atoms with van der Waals surface area (Å²) in [6.07, 6.45) is 12.7. The summed E-state index contributed by atoms with van der Waals surface area (Å²) in [5, 5.41) is 33.1. The third-order valence-corrected chi connectivity index (χ3v) is 19.3. The number of nitrogens with two attached hydrogens (primary N) is 5. The van der Waals surface area contributed by atoms with Crippen LogP contribution in [0.1, 0.15) is 109 Å². The van der Waals surface area contributed by atoms with Crippen molar-refractivity contribution in [2.24, 2.45) is 22.9 Å². The lowest BCUT2D eigenvalue weighted by Crippen LogP contribution is -2.15. The number of esters is 1. The van der Waals surface area contributed by atoms with Gasteiger partial charge in [-0.15, -0.1) is 25.5 Å². The SMILES string of the molecule is Cc1cc(-c2ncn(/C=C(/C(=O)OC(C)C)c3cncc(F)c3)n2)cc(C(F)(F)F)c1.Cc1cc(-c2ncn(/C=C(/C(N)=O)c3c(C)noc3C)n2)cc(C(F)(F)F)c1.Cc1cc(C)cc(-c2ncn(/C=C(/C(N)=O)c3ccc4cn[nH]c4c3)n2)c1.Cc1cc(C)cc(-c2ncn(/C=C(/C(N)=O)c3cccnc3F)n2)c1.Cc1cc(C)cc(-c2ncn(/C=C(/C(N)=O)c3cnc(N)nc3)n2)c1. The second kappa shape index (κ2) is 42.1. The number of nitrogens with one attached hydrogen (secondary N) is 1. The number of benzene rings is 6. The number of primary amides is 4. The number of hydrogen-bond acceptors (Lipinski definition) is 24. The molecule has 10 heterocycles. The van der Waals surface area contributed by atoms with Gasteiger partial charge in [0.15, 0.2) is 29.1 Å². The van der Waals surface area contributed by atoms with Crippen LogP contribution in [0, 0.1) is 81.0 Å². The van der Waals surface area contributed by atoms with Crippen molar-refractivity contribution >= 4 is 105 Å². The number of carbonyl (C=O) groups excluding carboxylic acids is 5. The van der Waals surface area contributed by atoms with Crippen molar-refractivity contribution in [2.45, 2.75) is 102 Å². The summed E-state index contributed by atoms with van der Waals surface area (Å²) in [5.74, 6) is -2.60. The van der Waals surface area contributed by atoms with Crippen LogP contribution in [0.5, 0.6) is 0 Å². The van der Waals surface area contributed by atoms with Gasteiger partial charge in [0.2, 0.25) is 11.9 Å². The Morgan fingerprint density at radius 2 is 0.801 bits per heavy atom. The minimum Gasteiger partial charge on any atom is -0.459 e. The maximum atomic E-state index is 13.9. The van der Waals surface area contributed by atoms with Gasteiger partial charge in [-0.1, -0.05) is 68.9 Å². The zero-order valence-electron chi connectivity index (χ0n) is 74.6. The van der Waals surface area contributed by atoms with E-state index in [2.05, 4.69) is 104 Å². The molecule has 42 heteroatoms. The standard InChI is InChI=1S/C21H18F4N4O2.C20H18N6O.C18H16F3N5O2.C18H16FN5O.C17H17N7O/c1-12(2)31-20(30)18(15-7-17(22)9-26-8-15)10-29-11-27-19(28-29)14-4-13(3)5-16(6-14)21(23,24)25;1-12-5-13(2)7-16(6-12)20-22-11-26(25-20)10-17(19(21)27)14-3-4-15-9-23-24-18(15)8-14;1-9-4-12(6-13(5-9)18(19,20)21)17-23-8-26(24-17)7-14(16(22)27)15-10(2)25-28-11(15)3;1-11-6-12(2)8-13(7-11)18-22-10-24(23-18)9-15(17(20)25)14-4-3-5-21-16(14)19;1-10-3-11(2)5-12(4-10)16-22-9-24(23-16)8-14(15(18)25)13-6-20-17(19)21-7-13/h4-12H,1-3H3;3-11H,1-2H3,(H2,21,27)(H,23,24);4-8H,1-3H3,(H2,22,27);3-10H,1-2H3,(H2,20,25);3-9H,1-2H3,(H2,18,25)(H2,19,20,21)/b18-10+;17-10+;14-7+;15-9+;14-8+. The first kappa shape index (κ1) is 97.4. The molecule has 0 bridgehead atoms. The smallest absolute Gasteiger partial charge is 0.416 e. The number of nitrogens with zero attached hydrogens (tertiary/aromatic N) is 21. The van der Waals surface area contributed by atoms with Gasteiger partial charge >= 0.3 is 18.3 Å². The number of carbonyl (C=O) groups is 5. The van der Waals surface area contributed by atoms with E-state index in [0.29, 0.717) is 62.3 Å². The maximum Gasteiger partial charge on any atom is 0.416 e. The number of nitrogen functional groups attached to an aromatic ring is 1. The highest BCUT2D eigenvalue weighted by atomic mass is 19.4. The molecule has 0 aliphatic carbocycles. The predicted molar refractivity (Wildman–Crippen MR) is 491 cm³/mol. The Kier molecular flexibility index (Phi) is 30.1. The van der Waals surface area contributed by atoms with Gasteiger partial charge in [-0.05, 0) is 197 Å². The van der Waals surface area contributed by atoms with Crippen LogP contribution in [0.25, 0.3) is 127 Å². The summed E-state index contributed by atoms with van der Waals surface area (Å²) >= 11 is 0. The van der Waals surface area contributed by atoms with E-state index in [-0.39, 0.29) is 62.1 Å². The lowest BCUT2D eigenvalue weighted by atomic mass is 10.1. The van der Waals surface area contributed by atoms with Gasteiger partial charge in [-0.3, -0.25) is 29.3 Å². The third-order valence-electron chi connectivity index (χ3n) is 19.3. The van der Waals surface area contributed by atoms with E-state index >= 15 is 0 Å². The Morgan fingerprint density at radius 3 is 1.18 bits per heavy atom. The van der Waals surface area contributed by atoms with Crippen LogP contribution in [0.15, 0.2) is 201 Å². The zero-order chi connectivity index (χ0) is 98.3. The molecule has 0 atom stereocenters. The molecule has 136 heavy (non-hydrogen) atoms. The van der Waals surface area contributed by atoms with Crippen molar-refractivity contribution in [3.8, 4) is 56.9 Å². The van der Waals surface area contributed by atoms with E-state index < -0.39 is 70.9 Å². The van der Waals surface area contributed by atoms with E-state index in [4.69, 9.17) is 37.9 Å². The fraction of sp³-hybridized carbons (Fsp3) is 0.160. The molecular weight excluding hydrogens is 1770 g/mol. The van der Waals surface area contributed by atoms with Crippen LogP contribution in [0.2, 0.25) is 0 Å². The number of fused-ring (bicyclic) bond motifs is 1. The van der Waals surface area contributed by atoms with Crippen molar-refractivity contribution < 1.29 is 68.4 Å². The summed E-state index contributed by atoms with van der Waals surface area (Å²) < 4.78 is 123. The summed E-state index contributed by atoms with van der Waals surface area (Å²) in [6.45, 7) is 21.8. The van der Waals surface area contributed by atoms with Crippen LogP contribution in [0.3, 0.4) is 0 Å². The number of ether oxygens (including phenoxy) is 1. The average Bonchev–Trinajstić information content (AvgIpc) is 1.54. The number of aryl methyl sites for hydroxylation is 10. The predicted octanol–water partition coefficient (Wildman–Crippen LogP) is 15.0. The molecule has 0 radical (unpaired) electrons. The normalized spacial score (nSPS) is 12.0. The molecule has 0 saturated carbocycles. The first-order valence-electron chi connectivity index (χ1n) is 40.8. The molecule has 16 rings (SSSR count). The summed E-state index contributed by atoms with van der Waals surface area (Å²) in [5.41, 5.74) is 39.9. The lowest BCUT2D eigenvalue weighted by molar-refractivity contribution is -0.140. The minimum absolute atomic E-state index is 0.0125. The molecule has 0 unspecified atom stereocenters. The number of rotatable bonds is 21. The number of halogens is 8. The number of hydrogen-bond donors (Lipinski definition) is 6. The minimum atomic E-state index is -4.51. The topological polar surface area (TPSA) is 484 Å². The van der Waals surface area contributed by atoms with E-state index in [0.717, 1.165) is 102 Å². The molecule has 0 aliphatic heterocycles. The van der Waals surface area contributed by atoms with Crippen LogP contribution < -0.4 is 28.7 Å². The number of pyridine rings is 2. The van der Waals surface area contributed by atoms with E-state index in [1.54, 1.807) is 59.4 Å². The Bertz CT molecular complexity index is 7250. The number of H-pyrrole nitrogens is 1. The molecule has 11 N–H and O–H groups in total. The molecule has 16 aromatic rings. The van der Waals surface area contributed by atoms with Gasteiger partial charge in [-0.25, -0.2) is 72.5 Å². The van der Waals surface area contributed by atoms with Gasteiger partial charge in [0, 0.05) is 106 Å². The van der Waals surface area contributed by atoms with Crippen molar-refractivity contribution in [1.82, 2.24) is 109 Å². The van der Waals surface area contributed by atoms with Crippen molar-refractivity contribution in [1.29, 1.82) is 0 Å². The highest BCUT2D eigenvalue weighted by Gasteiger charge is 2.33. The molecule has 0 saturated heterocycles. The van der Waals surface area contributed by atoms with Crippen molar-refractivity contribution in [3.63, 3.8) is 0 Å². The van der Waals surface area contributed by atoms with Gasteiger partial charge in [0.25, 0.3) is 23.6 Å². The molecule has 694 valence electrons. The van der Waals surface area contributed by atoms with Crippen LogP contribution in [-0.4, -0.2) is 145 Å². The molecule has 0 fully saturated rings. The Labute approximate surface area is 769 Å². The maximum absolute atomic E-state index is 13.9. The van der Waals surface area contributed by atoms with Crippen LogP contribution >= 0.6 is 0 Å². The van der Waals surface area contributed by atoms with Gasteiger partial charge in [0.05, 0.1) is 74.3 Å². The molecule has 4 amide bonds. The van der Waals surface area contributed by atoms with E-state index in [1.807, 2.05) is 96.1 Å². The molecule has 6 aromatic carbocycles.